The van der Waals surface area contributed by atoms with E-state index in [-0.39, 0.29) is 18.2 Å². The molecule has 0 aliphatic heterocycles. The highest BCUT2D eigenvalue weighted by Gasteiger charge is 2.14. The van der Waals surface area contributed by atoms with Gasteiger partial charge < -0.3 is 24.3 Å². The lowest BCUT2D eigenvalue weighted by molar-refractivity contribution is -0.120. The van der Waals surface area contributed by atoms with Gasteiger partial charge >= 0.3 is 0 Å². The fourth-order valence-electron chi connectivity index (χ4n) is 3.16. The zero-order valence-electron chi connectivity index (χ0n) is 19.5. The molecular weight excluding hydrogens is 458 g/mol. The highest BCUT2D eigenvalue weighted by atomic mass is 32.1. The summed E-state index contributed by atoms with van der Waals surface area (Å²) in [6.45, 7) is 0.472. The van der Waals surface area contributed by atoms with Gasteiger partial charge in [-0.15, -0.1) is 11.3 Å². The molecule has 0 unspecified atom stereocenters. The number of carbonyl (C=O) groups is 2. The van der Waals surface area contributed by atoms with Crippen molar-refractivity contribution in [2.45, 2.75) is 12.8 Å². The largest absolute Gasteiger partial charge is 0.497 e. The lowest BCUT2D eigenvalue weighted by Gasteiger charge is -2.10. The predicted molar refractivity (Wildman–Crippen MR) is 130 cm³/mol. The van der Waals surface area contributed by atoms with Crippen molar-refractivity contribution in [3.8, 4) is 23.0 Å². The Labute approximate surface area is 202 Å². The molecule has 9 nitrogen and oxygen atoms in total. The molecule has 2 amide bonds. The van der Waals surface area contributed by atoms with E-state index in [2.05, 4.69) is 15.6 Å². The van der Waals surface area contributed by atoms with Crippen molar-refractivity contribution in [1.82, 2.24) is 10.3 Å². The van der Waals surface area contributed by atoms with Crippen molar-refractivity contribution in [1.29, 1.82) is 0 Å². The summed E-state index contributed by atoms with van der Waals surface area (Å²) >= 11 is 1.25. The standard InChI is InChI=1S/C24H27N3O6S/c1-30-18-10-16(11-19(13-18)31-2)23(29)27-24-26-17(14-34-24)12-22(28)25-8-7-15-5-6-20(32-3)21(9-15)33-4/h5-6,9-11,13-14H,7-8,12H2,1-4H3,(H,25,28)(H,26,27,29). The summed E-state index contributed by atoms with van der Waals surface area (Å²) in [7, 11) is 6.20. The number of methoxy groups -OCH3 is 4. The van der Waals surface area contributed by atoms with Crippen LogP contribution in [0.3, 0.4) is 0 Å². The minimum Gasteiger partial charge on any atom is -0.497 e. The van der Waals surface area contributed by atoms with Crippen LogP contribution in [-0.4, -0.2) is 51.8 Å². The first-order valence-corrected chi connectivity index (χ1v) is 11.3. The predicted octanol–water partition coefficient (Wildman–Crippen LogP) is 3.33. The van der Waals surface area contributed by atoms with Gasteiger partial charge in [0.15, 0.2) is 16.6 Å². The van der Waals surface area contributed by atoms with Gasteiger partial charge in [-0.2, -0.15) is 0 Å². The Balaban J connectivity index is 1.51. The Bertz CT molecular complexity index is 1130. The van der Waals surface area contributed by atoms with Gasteiger partial charge in [-0.3, -0.25) is 14.9 Å². The number of benzene rings is 2. The normalized spacial score (nSPS) is 10.4. The molecule has 180 valence electrons. The summed E-state index contributed by atoms with van der Waals surface area (Å²) in [5.74, 6) is 1.82. The molecule has 0 spiro atoms. The number of aromatic nitrogens is 1. The third-order valence-corrected chi connectivity index (χ3v) is 5.72. The molecule has 0 aliphatic carbocycles. The molecule has 1 heterocycles. The third-order valence-electron chi connectivity index (χ3n) is 4.91. The van der Waals surface area contributed by atoms with Gasteiger partial charge in [0.25, 0.3) is 5.91 Å². The van der Waals surface area contributed by atoms with Crippen LogP contribution in [0.1, 0.15) is 21.6 Å². The van der Waals surface area contributed by atoms with Gasteiger partial charge in [-0.1, -0.05) is 6.07 Å². The number of rotatable bonds is 11. The summed E-state index contributed by atoms with van der Waals surface area (Å²) in [6.07, 6.45) is 0.764. The lowest BCUT2D eigenvalue weighted by atomic mass is 10.1. The molecule has 0 radical (unpaired) electrons. The summed E-state index contributed by atoms with van der Waals surface area (Å²) in [5.41, 5.74) is 1.97. The maximum absolute atomic E-state index is 12.6. The quantitative estimate of drug-likeness (QED) is 0.429. The maximum atomic E-state index is 12.6. The second-order valence-electron chi connectivity index (χ2n) is 7.17. The van der Waals surface area contributed by atoms with Gasteiger partial charge in [0.05, 0.1) is 40.6 Å². The molecular formula is C24H27N3O6S. The first-order valence-electron chi connectivity index (χ1n) is 10.4. The summed E-state index contributed by atoms with van der Waals surface area (Å²) in [4.78, 5) is 29.2. The van der Waals surface area contributed by atoms with Crippen LogP contribution in [0.4, 0.5) is 5.13 Å². The molecule has 0 aliphatic rings. The Morgan fingerprint density at radius 2 is 1.62 bits per heavy atom. The number of amides is 2. The molecule has 0 atom stereocenters. The van der Waals surface area contributed by atoms with Crippen LogP contribution in [0, 0.1) is 0 Å². The molecule has 3 rings (SSSR count). The molecule has 2 N–H and O–H groups in total. The van der Waals surface area contributed by atoms with Crippen LogP contribution in [0.2, 0.25) is 0 Å². The van der Waals surface area contributed by atoms with E-state index >= 15 is 0 Å². The number of carbonyl (C=O) groups excluding carboxylic acids is 2. The van der Waals surface area contributed by atoms with E-state index in [4.69, 9.17) is 18.9 Å². The highest BCUT2D eigenvalue weighted by molar-refractivity contribution is 7.14. The van der Waals surface area contributed by atoms with Crippen LogP contribution < -0.4 is 29.6 Å². The lowest BCUT2D eigenvalue weighted by Crippen LogP contribution is -2.27. The molecule has 3 aromatic rings. The van der Waals surface area contributed by atoms with Gasteiger partial charge in [0.1, 0.15) is 11.5 Å². The molecule has 2 aromatic carbocycles. The number of ether oxygens (including phenoxy) is 4. The number of nitrogens with zero attached hydrogens (tertiary/aromatic N) is 1. The number of thiazole rings is 1. The summed E-state index contributed by atoms with van der Waals surface area (Å²) in [6, 6.07) is 10.6. The van der Waals surface area contributed by atoms with Crippen molar-refractivity contribution < 1.29 is 28.5 Å². The monoisotopic (exact) mass is 485 g/mol. The second kappa shape index (κ2) is 11.9. The van der Waals surface area contributed by atoms with E-state index in [1.165, 1.54) is 25.6 Å². The number of hydrogen-bond donors (Lipinski definition) is 2. The Hall–Kier alpha value is -3.79. The number of nitrogens with one attached hydrogen (secondary N) is 2. The molecule has 0 saturated heterocycles. The van der Waals surface area contributed by atoms with Crippen molar-refractivity contribution in [3.05, 3.63) is 58.6 Å². The van der Waals surface area contributed by atoms with E-state index < -0.39 is 0 Å². The molecule has 10 heteroatoms. The fraction of sp³-hybridized carbons (Fsp3) is 0.292. The minimum atomic E-state index is -0.350. The number of anilines is 1. The van der Waals surface area contributed by atoms with Crippen molar-refractivity contribution >= 4 is 28.3 Å². The molecule has 0 bridgehead atoms. The SMILES string of the molecule is COc1cc(OC)cc(C(=O)Nc2nc(CC(=O)NCCc3ccc(OC)c(OC)c3)cs2)c1. The fourth-order valence-corrected chi connectivity index (χ4v) is 3.87. The molecule has 0 saturated carbocycles. The second-order valence-corrected chi connectivity index (χ2v) is 8.02. The van der Waals surface area contributed by atoms with Crippen LogP contribution >= 0.6 is 11.3 Å². The Kier molecular flexibility index (Phi) is 8.69. The van der Waals surface area contributed by atoms with Crippen molar-refractivity contribution in [2.24, 2.45) is 0 Å². The first-order chi connectivity index (χ1) is 16.4. The van der Waals surface area contributed by atoms with Crippen LogP contribution in [0.15, 0.2) is 41.8 Å². The Morgan fingerprint density at radius 1 is 0.912 bits per heavy atom. The minimum absolute atomic E-state index is 0.116. The van der Waals surface area contributed by atoms with Gasteiger partial charge in [-0.05, 0) is 36.2 Å². The highest BCUT2D eigenvalue weighted by Crippen LogP contribution is 2.27. The van der Waals surface area contributed by atoms with Crippen LogP contribution in [0.25, 0.3) is 0 Å². The maximum Gasteiger partial charge on any atom is 0.257 e. The van der Waals surface area contributed by atoms with Crippen molar-refractivity contribution in [3.63, 3.8) is 0 Å². The van der Waals surface area contributed by atoms with Gasteiger partial charge in [0, 0.05) is 23.6 Å². The third kappa shape index (κ3) is 6.61. The summed E-state index contributed by atoms with van der Waals surface area (Å²) < 4.78 is 20.9. The molecule has 1 aromatic heterocycles. The zero-order valence-corrected chi connectivity index (χ0v) is 20.3. The Morgan fingerprint density at radius 3 is 2.26 bits per heavy atom. The summed E-state index contributed by atoms with van der Waals surface area (Å²) in [5, 5.41) is 7.78. The topological polar surface area (TPSA) is 108 Å². The van der Waals surface area contributed by atoms with E-state index in [1.807, 2.05) is 18.2 Å². The van der Waals surface area contributed by atoms with Crippen molar-refractivity contribution in [2.75, 3.05) is 40.3 Å². The van der Waals surface area contributed by atoms with Crippen LogP contribution in [0.5, 0.6) is 23.0 Å². The van der Waals surface area contributed by atoms with Gasteiger partial charge in [0.2, 0.25) is 5.91 Å². The smallest absolute Gasteiger partial charge is 0.257 e. The van der Waals surface area contributed by atoms with E-state index in [1.54, 1.807) is 37.8 Å². The zero-order chi connectivity index (χ0) is 24.5. The molecule has 0 fully saturated rings. The average Bonchev–Trinajstić information content (AvgIpc) is 3.29. The van der Waals surface area contributed by atoms with Gasteiger partial charge in [-0.25, -0.2) is 4.98 Å². The number of hydrogen-bond acceptors (Lipinski definition) is 8. The van der Waals surface area contributed by atoms with E-state index in [0.29, 0.717) is 52.4 Å². The van der Waals surface area contributed by atoms with E-state index in [9.17, 15) is 9.59 Å². The average molecular weight is 486 g/mol. The molecule has 34 heavy (non-hydrogen) atoms. The van der Waals surface area contributed by atoms with E-state index in [0.717, 1.165) is 5.56 Å². The van der Waals surface area contributed by atoms with Crippen LogP contribution in [-0.2, 0) is 17.6 Å². The first kappa shape index (κ1) is 24.8.